The minimum absolute atomic E-state index is 0.128. The number of halogens is 2. The fourth-order valence-electron chi connectivity index (χ4n) is 5.62. The van der Waals surface area contributed by atoms with Gasteiger partial charge in [0.15, 0.2) is 0 Å². The fraction of sp³-hybridized carbons (Fsp3) is 0.226. The third-order valence-corrected chi connectivity index (χ3v) is 7.70. The Hall–Kier alpha value is -5.10. The number of pyridine rings is 2. The SMILES string of the molecule is O=C(Nc1ccc(Oc2ccnc(NC(=O)N3C[C@H]4C[C@@H](O)C[C@H]4C3)c2)cc1F)c1cccn(-c2ccc(F)cc2)c1=O. The molecule has 12 heteroatoms. The Morgan fingerprint density at radius 3 is 2.37 bits per heavy atom. The molecule has 0 radical (unpaired) electrons. The second-order valence-corrected chi connectivity index (χ2v) is 10.6. The van der Waals surface area contributed by atoms with Crippen molar-refractivity contribution in [2.45, 2.75) is 18.9 Å². The van der Waals surface area contributed by atoms with Crippen molar-refractivity contribution in [3.63, 3.8) is 0 Å². The molecule has 3 atom stereocenters. The summed E-state index contributed by atoms with van der Waals surface area (Å²) in [6.07, 6.45) is 4.01. The molecule has 220 valence electrons. The van der Waals surface area contributed by atoms with Crippen LogP contribution in [0.1, 0.15) is 23.2 Å². The van der Waals surface area contributed by atoms with Crippen molar-refractivity contribution >= 4 is 23.4 Å². The molecule has 0 spiro atoms. The van der Waals surface area contributed by atoms with Crippen LogP contribution in [-0.2, 0) is 0 Å². The summed E-state index contributed by atoms with van der Waals surface area (Å²) in [6, 6.07) is 14.6. The Balaban J connectivity index is 1.09. The zero-order valence-electron chi connectivity index (χ0n) is 22.7. The Labute approximate surface area is 244 Å². The van der Waals surface area contributed by atoms with Gasteiger partial charge in [-0.1, -0.05) is 0 Å². The van der Waals surface area contributed by atoms with E-state index < -0.39 is 23.1 Å². The number of aromatic nitrogens is 2. The van der Waals surface area contributed by atoms with Gasteiger partial charge in [0.05, 0.1) is 11.8 Å². The van der Waals surface area contributed by atoms with Crippen molar-refractivity contribution in [2.24, 2.45) is 11.8 Å². The summed E-state index contributed by atoms with van der Waals surface area (Å²) in [5.74, 6) is -0.784. The summed E-state index contributed by atoms with van der Waals surface area (Å²) in [5.41, 5.74) is -0.683. The largest absolute Gasteiger partial charge is 0.457 e. The lowest BCUT2D eigenvalue weighted by Gasteiger charge is -2.18. The van der Waals surface area contributed by atoms with Crippen molar-refractivity contribution < 1.29 is 28.2 Å². The predicted molar refractivity (Wildman–Crippen MR) is 153 cm³/mol. The Morgan fingerprint density at radius 1 is 0.930 bits per heavy atom. The smallest absolute Gasteiger partial charge is 0.323 e. The Kier molecular flexibility index (Phi) is 7.59. The maximum Gasteiger partial charge on any atom is 0.323 e. The number of hydrogen-bond acceptors (Lipinski definition) is 6. The third-order valence-electron chi connectivity index (χ3n) is 7.70. The molecule has 1 saturated heterocycles. The molecule has 1 saturated carbocycles. The summed E-state index contributed by atoms with van der Waals surface area (Å²) in [5, 5.41) is 15.0. The average molecular weight is 588 g/mol. The fourth-order valence-corrected chi connectivity index (χ4v) is 5.62. The van der Waals surface area contributed by atoms with Crippen LogP contribution in [0.5, 0.6) is 11.5 Å². The van der Waals surface area contributed by atoms with Crippen LogP contribution < -0.4 is 20.9 Å². The first-order valence-electron chi connectivity index (χ1n) is 13.7. The van der Waals surface area contributed by atoms with Gasteiger partial charge in [-0.2, -0.15) is 0 Å². The van der Waals surface area contributed by atoms with Crippen molar-refractivity contribution in [3.05, 3.63) is 107 Å². The number of carbonyl (C=O) groups excluding carboxylic acids is 2. The molecule has 3 heterocycles. The van der Waals surface area contributed by atoms with E-state index in [-0.39, 0.29) is 35.0 Å². The van der Waals surface area contributed by atoms with Gasteiger partial charge in [-0.15, -0.1) is 0 Å². The van der Waals surface area contributed by atoms with E-state index in [1.54, 1.807) is 11.0 Å². The molecule has 2 fully saturated rings. The highest BCUT2D eigenvalue weighted by atomic mass is 19.1. The molecule has 0 unspecified atom stereocenters. The van der Waals surface area contributed by atoms with Crippen molar-refractivity contribution in [2.75, 3.05) is 23.7 Å². The Morgan fingerprint density at radius 2 is 1.65 bits per heavy atom. The molecular formula is C31H27F2N5O5. The molecule has 2 aliphatic rings. The lowest BCUT2D eigenvalue weighted by molar-refractivity contribution is 0.102. The summed E-state index contributed by atoms with van der Waals surface area (Å²) < 4.78 is 35.2. The molecule has 0 bridgehead atoms. The number of carbonyl (C=O) groups is 2. The van der Waals surface area contributed by atoms with Gasteiger partial charge in [0.2, 0.25) is 0 Å². The number of benzene rings is 2. The quantitative estimate of drug-likeness (QED) is 0.298. The first kappa shape index (κ1) is 28.0. The predicted octanol–water partition coefficient (Wildman–Crippen LogP) is 4.79. The van der Waals surface area contributed by atoms with Crippen LogP contribution in [0.4, 0.5) is 25.1 Å². The van der Waals surface area contributed by atoms with Gasteiger partial charge in [0.1, 0.15) is 34.5 Å². The lowest BCUT2D eigenvalue weighted by atomic mass is 10.0. The number of hydrogen-bond donors (Lipinski definition) is 3. The minimum atomic E-state index is -0.818. The molecule has 6 rings (SSSR count). The highest BCUT2D eigenvalue weighted by Gasteiger charge is 2.41. The number of rotatable bonds is 6. The van der Waals surface area contributed by atoms with E-state index in [9.17, 15) is 28.3 Å². The molecule has 2 aromatic heterocycles. The summed E-state index contributed by atoms with van der Waals surface area (Å²) >= 11 is 0. The topological polar surface area (TPSA) is 126 Å². The number of anilines is 2. The lowest BCUT2D eigenvalue weighted by Crippen LogP contribution is -2.34. The number of urea groups is 1. The van der Waals surface area contributed by atoms with Crippen molar-refractivity contribution in [3.8, 4) is 17.2 Å². The van der Waals surface area contributed by atoms with Crippen LogP contribution in [-0.4, -0.2) is 50.7 Å². The molecule has 3 amide bonds. The van der Waals surface area contributed by atoms with Gasteiger partial charge >= 0.3 is 6.03 Å². The number of aliphatic hydroxyl groups excluding tert-OH is 1. The second kappa shape index (κ2) is 11.6. The number of aliphatic hydroxyl groups is 1. The van der Waals surface area contributed by atoms with Crippen LogP contribution in [0.2, 0.25) is 0 Å². The summed E-state index contributed by atoms with van der Waals surface area (Å²) in [6.45, 7) is 1.17. The highest BCUT2D eigenvalue weighted by Crippen LogP contribution is 2.38. The van der Waals surface area contributed by atoms with E-state index in [2.05, 4.69) is 15.6 Å². The van der Waals surface area contributed by atoms with Crippen LogP contribution >= 0.6 is 0 Å². The second-order valence-electron chi connectivity index (χ2n) is 10.6. The third kappa shape index (κ3) is 6.09. The van der Waals surface area contributed by atoms with E-state index in [1.807, 2.05) is 0 Å². The van der Waals surface area contributed by atoms with Gasteiger partial charge in [0.25, 0.3) is 11.5 Å². The standard InChI is InChI=1S/C31H27F2N5O5/c32-20-3-5-21(6-4-20)38-11-1-2-25(30(38)41)29(40)35-27-8-7-23(14-26(27)33)43-24-9-10-34-28(15-24)36-31(42)37-16-18-12-22(39)13-19(18)17-37/h1-11,14-15,18-19,22,39H,12-13,16-17H2,(H,35,40)(H,34,36,42)/t18-,19+,22-. The van der Waals surface area contributed by atoms with Gasteiger partial charge in [0, 0.05) is 43.3 Å². The van der Waals surface area contributed by atoms with E-state index in [4.69, 9.17) is 4.74 Å². The highest BCUT2D eigenvalue weighted by molar-refractivity contribution is 6.04. The van der Waals surface area contributed by atoms with E-state index >= 15 is 0 Å². The molecule has 43 heavy (non-hydrogen) atoms. The zero-order valence-corrected chi connectivity index (χ0v) is 22.7. The molecule has 10 nitrogen and oxygen atoms in total. The number of amides is 3. The molecule has 3 N–H and O–H groups in total. The van der Waals surface area contributed by atoms with E-state index in [0.717, 1.165) is 6.07 Å². The number of ether oxygens (including phenoxy) is 1. The summed E-state index contributed by atoms with van der Waals surface area (Å²) in [7, 11) is 0. The number of nitrogens with zero attached hydrogens (tertiary/aromatic N) is 3. The maximum absolute atomic E-state index is 15.0. The first-order chi connectivity index (χ1) is 20.7. The number of fused-ring (bicyclic) bond motifs is 1. The number of likely N-dealkylation sites (tertiary alicyclic amines) is 1. The monoisotopic (exact) mass is 587 g/mol. The molecule has 2 aromatic carbocycles. The van der Waals surface area contributed by atoms with E-state index in [1.165, 1.54) is 71.6 Å². The van der Waals surface area contributed by atoms with Gasteiger partial charge in [-0.3, -0.25) is 19.5 Å². The molecule has 1 aliphatic heterocycles. The Bertz CT molecular complexity index is 1730. The molecular weight excluding hydrogens is 560 g/mol. The molecule has 4 aromatic rings. The van der Waals surface area contributed by atoms with Gasteiger partial charge in [-0.25, -0.2) is 18.6 Å². The zero-order chi connectivity index (χ0) is 30.1. The van der Waals surface area contributed by atoms with Crippen molar-refractivity contribution in [1.82, 2.24) is 14.5 Å². The van der Waals surface area contributed by atoms with Crippen LogP contribution in [0.25, 0.3) is 5.69 Å². The van der Waals surface area contributed by atoms with E-state index in [0.29, 0.717) is 49.2 Å². The van der Waals surface area contributed by atoms with Crippen LogP contribution in [0.15, 0.2) is 83.9 Å². The number of nitrogens with one attached hydrogen (secondary N) is 2. The average Bonchev–Trinajstić information content (AvgIpc) is 3.53. The van der Waals surface area contributed by atoms with Crippen molar-refractivity contribution in [1.29, 1.82) is 0 Å². The summed E-state index contributed by atoms with van der Waals surface area (Å²) in [4.78, 5) is 44.4. The van der Waals surface area contributed by atoms with Crippen LogP contribution in [0, 0.1) is 23.5 Å². The van der Waals surface area contributed by atoms with Gasteiger partial charge in [-0.05, 0) is 79.3 Å². The first-order valence-corrected chi connectivity index (χ1v) is 13.7. The van der Waals surface area contributed by atoms with Gasteiger partial charge < -0.3 is 20.1 Å². The minimum Gasteiger partial charge on any atom is -0.457 e. The van der Waals surface area contributed by atoms with Crippen LogP contribution in [0.3, 0.4) is 0 Å². The normalized spacial score (nSPS) is 19.1. The molecule has 1 aliphatic carbocycles. The maximum atomic E-state index is 15.0.